The standard InChI is InChI=1S/C16H34N2O2/c1-4-17-16(15-8-6-5-7-9-15)14-18(10-12-19-2)11-13-20-3/h15-17H,4-14H2,1-3H3. The average Bonchev–Trinajstić information content (AvgIpc) is 2.50. The summed E-state index contributed by atoms with van der Waals surface area (Å²) in [7, 11) is 3.55. The van der Waals surface area contributed by atoms with Crippen LogP contribution in [0.2, 0.25) is 0 Å². The Kier molecular flexibility index (Phi) is 10.3. The van der Waals surface area contributed by atoms with E-state index in [0.717, 1.165) is 45.3 Å². The predicted octanol–water partition coefficient (Wildman–Crippen LogP) is 2.14. The third kappa shape index (κ3) is 7.02. The first-order chi connectivity index (χ1) is 9.81. The molecule has 0 aromatic rings. The van der Waals surface area contributed by atoms with Gasteiger partial charge in [0.15, 0.2) is 0 Å². The molecule has 0 amide bonds. The zero-order chi connectivity index (χ0) is 14.6. The van der Waals surface area contributed by atoms with Crippen molar-refractivity contribution in [3.63, 3.8) is 0 Å². The SMILES string of the molecule is CCNC(CN(CCOC)CCOC)C1CCCCC1. The van der Waals surface area contributed by atoms with Crippen LogP contribution in [-0.2, 0) is 9.47 Å². The minimum absolute atomic E-state index is 0.619. The van der Waals surface area contributed by atoms with Crippen LogP contribution in [0.5, 0.6) is 0 Å². The van der Waals surface area contributed by atoms with Gasteiger partial charge in [-0.1, -0.05) is 26.2 Å². The van der Waals surface area contributed by atoms with Gasteiger partial charge in [-0.2, -0.15) is 0 Å². The molecule has 0 bridgehead atoms. The van der Waals surface area contributed by atoms with Crippen molar-refractivity contribution >= 4 is 0 Å². The molecule has 1 rings (SSSR count). The van der Waals surface area contributed by atoms with Crippen molar-refractivity contribution in [1.29, 1.82) is 0 Å². The third-order valence-corrected chi connectivity index (χ3v) is 4.36. The van der Waals surface area contributed by atoms with Crippen molar-refractivity contribution in [1.82, 2.24) is 10.2 Å². The lowest BCUT2D eigenvalue weighted by Crippen LogP contribution is -2.47. The van der Waals surface area contributed by atoms with Crippen LogP contribution >= 0.6 is 0 Å². The molecule has 0 aromatic carbocycles. The maximum Gasteiger partial charge on any atom is 0.0589 e. The number of hydrogen-bond donors (Lipinski definition) is 1. The summed E-state index contributed by atoms with van der Waals surface area (Å²) in [6.07, 6.45) is 7.01. The minimum Gasteiger partial charge on any atom is -0.383 e. The summed E-state index contributed by atoms with van der Waals surface area (Å²) in [5.74, 6) is 0.844. The largest absolute Gasteiger partial charge is 0.383 e. The van der Waals surface area contributed by atoms with Gasteiger partial charge in [0.2, 0.25) is 0 Å². The van der Waals surface area contributed by atoms with E-state index in [1.165, 1.54) is 32.1 Å². The normalized spacial score (nSPS) is 18.6. The highest BCUT2D eigenvalue weighted by molar-refractivity contribution is 4.82. The molecule has 1 unspecified atom stereocenters. The van der Waals surface area contributed by atoms with Crippen molar-refractivity contribution in [3.05, 3.63) is 0 Å². The van der Waals surface area contributed by atoms with Crippen molar-refractivity contribution < 1.29 is 9.47 Å². The lowest BCUT2D eigenvalue weighted by molar-refractivity contribution is 0.0977. The molecule has 4 heteroatoms. The van der Waals surface area contributed by atoms with Gasteiger partial charge in [0.25, 0.3) is 0 Å². The second-order valence-electron chi connectivity index (χ2n) is 5.85. The molecule has 1 atom stereocenters. The molecule has 120 valence electrons. The Morgan fingerprint density at radius 1 is 1.05 bits per heavy atom. The average molecular weight is 286 g/mol. The molecular formula is C16H34N2O2. The fourth-order valence-electron chi connectivity index (χ4n) is 3.19. The van der Waals surface area contributed by atoms with Crippen LogP contribution < -0.4 is 5.32 Å². The molecule has 0 spiro atoms. The Morgan fingerprint density at radius 2 is 1.65 bits per heavy atom. The third-order valence-electron chi connectivity index (χ3n) is 4.36. The zero-order valence-corrected chi connectivity index (χ0v) is 13.7. The van der Waals surface area contributed by atoms with E-state index in [4.69, 9.17) is 9.47 Å². The second-order valence-corrected chi connectivity index (χ2v) is 5.85. The molecule has 1 aliphatic rings. The van der Waals surface area contributed by atoms with E-state index in [9.17, 15) is 0 Å². The van der Waals surface area contributed by atoms with Gasteiger partial charge in [0.05, 0.1) is 13.2 Å². The van der Waals surface area contributed by atoms with Gasteiger partial charge in [0, 0.05) is 39.9 Å². The molecular weight excluding hydrogens is 252 g/mol. The number of rotatable bonds is 11. The summed E-state index contributed by atoms with van der Waals surface area (Å²) in [4.78, 5) is 2.48. The van der Waals surface area contributed by atoms with Gasteiger partial charge in [-0.25, -0.2) is 0 Å². The van der Waals surface area contributed by atoms with E-state index in [1.54, 1.807) is 14.2 Å². The minimum atomic E-state index is 0.619. The molecule has 20 heavy (non-hydrogen) atoms. The number of likely N-dealkylation sites (N-methyl/N-ethyl adjacent to an activating group) is 1. The molecule has 1 fully saturated rings. The van der Waals surface area contributed by atoms with Crippen LogP contribution in [0.1, 0.15) is 39.0 Å². The van der Waals surface area contributed by atoms with E-state index in [1.807, 2.05) is 0 Å². The summed E-state index contributed by atoms with van der Waals surface area (Å²) in [5.41, 5.74) is 0. The Bertz CT molecular complexity index is 213. The predicted molar refractivity (Wildman–Crippen MR) is 84.2 cm³/mol. The van der Waals surface area contributed by atoms with E-state index in [-0.39, 0.29) is 0 Å². The lowest BCUT2D eigenvalue weighted by Gasteiger charge is -2.35. The molecule has 1 saturated carbocycles. The monoisotopic (exact) mass is 286 g/mol. The Hall–Kier alpha value is -0.160. The van der Waals surface area contributed by atoms with Crippen LogP contribution in [0.25, 0.3) is 0 Å². The summed E-state index contributed by atoms with van der Waals surface area (Å²) in [5, 5.41) is 3.71. The molecule has 1 N–H and O–H groups in total. The van der Waals surface area contributed by atoms with Gasteiger partial charge in [-0.05, 0) is 25.3 Å². The Labute approximate surface area is 125 Å². The Morgan fingerprint density at radius 3 is 2.15 bits per heavy atom. The van der Waals surface area contributed by atoms with Gasteiger partial charge >= 0.3 is 0 Å². The second kappa shape index (κ2) is 11.5. The number of nitrogens with one attached hydrogen (secondary N) is 1. The van der Waals surface area contributed by atoms with Crippen molar-refractivity contribution in [3.8, 4) is 0 Å². The van der Waals surface area contributed by atoms with E-state index >= 15 is 0 Å². The highest BCUT2D eigenvalue weighted by atomic mass is 16.5. The van der Waals surface area contributed by atoms with Crippen molar-refractivity contribution in [2.45, 2.75) is 45.1 Å². The highest BCUT2D eigenvalue weighted by Crippen LogP contribution is 2.26. The maximum atomic E-state index is 5.24. The first-order valence-corrected chi connectivity index (χ1v) is 8.25. The van der Waals surface area contributed by atoms with E-state index in [2.05, 4.69) is 17.1 Å². The number of nitrogens with zero attached hydrogens (tertiary/aromatic N) is 1. The van der Waals surface area contributed by atoms with Crippen LogP contribution in [0.4, 0.5) is 0 Å². The Balaban J connectivity index is 2.48. The quantitative estimate of drug-likeness (QED) is 0.631. The topological polar surface area (TPSA) is 33.7 Å². The summed E-state index contributed by atoms with van der Waals surface area (Å²) in [6.45, 7) is 7.97. The highest BCUT2D eigenvalue weighted by Gasteiger charge is 2.24. The molecule has 4 nitrogen and oxygen atoms in total. The van der Waals surface area contributed by atoms with Gasteiger partial charge < -0.3 is 14.8 Å². The molecule has 0 aliphatic heterocycles. The summed E-state index contributed by atoms with van der Waals surface area (Å²) >= 11 is 0. The van der Waals surface area contributed by atoms with Crippen molar-refractivity contribution in [2.24, 2.45) is 5.92 Å². The van der Waals surface area contributed by atoms with Crippen molar-refractivity contribution in [2.75, 3.05) is 53.6 Å². The zero-order valence-electron chi connectivity index (χ0n) is 13.7. The molecule has 0 heterocycles. The van der Waals surface area contributed by atoms with Gasteiger partial charge in [-0.15, -0.1) is 0 Å². The van der Waals surface area contributed by atoms with Crippen LogP contribution in [0, 0.1) is 5.92 Å². The molecule has 0 saturated heterocycles. The fourth-order valence-corrected chi connectivity index (χ4v) is 3.19. The maximum absolute atomic E-state index is 5.24. The van der Waals surface area contributed by atoms with Crippen LogP contribution in [0.3, 0.4) is 0 Å². The van der Waals surface area contributed by atoms with Crippen LogP contribution in [-0.4, -0.2) is 64.6 Å². The smallest absolute Gasteiger partial charge is 0.0589 e. The van der Waals surface area contributed by atoms with E-state index in [0.29, 0.717) is 6.04 Å². The van der Waals surface area contributed by atoms with Gasteiger partial charge in [0.1, 0.15) is 0 Å². The summed E-state index contributed by atoms with van der Waals surface area (Å²) in [6, 6.07) is 0.619. The number of ether oxygens (including phenoxy) is 2. The number of methoxy groups -OCH3 is 2. The van der Waals surface area contributed by atoms with Crippen LogP contribution in [0.15, 0.2) is 0 Å². The fraction of sp³-hybridized carbons (Fsp3) is 1.00. The van der Waals surface area contributed by atoms with Gasteiger partial charge in [-0.3, -0.25) is 4.90 Å². The molecule has 0 radical (unpaired) electrons. The lowest BCUT2D eigenvalue weighted by atomic mass is 9.83. The first-order valence-electron chi connectivity index (χ1n) is 8.25. The number of hydrogen-bond acceptors (Lipinski definition) is 4. The first kappa shape index (κ1) is 17.9. The summed E-state index contributed by atoms with van der Waals surface area (Å²) < 4.78 is 10.5. The molecule has 1 aliphatic carbocycles. The molecule has 0 aromatic heterocycles. The van der Waals surface area contributed by atoms with E-state index < -0.39 is 0 Å².